The zero-order valence-corrected chi connectivity index (χ0v) is 15.2. The lowest BCUT2D eigenvalue weighted by Gasteiger charge is -2.27. The molecule has 5 rings (SSSR count). The first-order valence-corrected chi connectivity index (χ1v) is 9.11. The van der Waals surface area contributed by atoms with Crippen molar-refractivity contribution < 1.29 is 4.74 Å². The van der Waals surface area contributed by atoms with E-state index in [1.807, 2.05) is 30.1 Å². The summed E-state index contributed by atoms with van der Waals surface area (Å²) in [5.41, 5.74) is 6.38. The van der Waals surface area contributed by atoms with Gasteiger partial charge in [0.05, 0.1) is 36.9 Å². The standard InChI is InChI=1S/C20H20N6O/c1-25-18(4-5-24-25)14-2-3-15-12-21-20(16(15)10-14)17-11-19(23-13-22-17)26-6-8-27-9-7-26/h2-5,10-11,13H,6-9,12H2,1H3. The average Bonchev–Trinajstić information content (AvgIpc) is 3.34. The second kappa shape index (κ2) is 6.59. The normalized spacial score (nSPS) is 16.3. The highest BCUT2D eigenvalue weighted by molar-refractivity contribution is 6.14. The van der Waals surface area contributed by atoms with Crippen LogP contribution in [0.1, 0.15) is 16.8 Å². The average molecular weight is 360 g/mol. The number of aliphatic imine (C=N–C) groups is 1. The molecule has 2 aromatic heterocycles. The minimum atomic E-state index is 0.688. The Kier molecular flexibility index (Phi) is 3.94. The van der Waals surface area contributed by atoms with Crippen LogP contribution >= 0.6 is 0 Å². The van der Waals surface area contributed by atoms with Crippen LogP contribution in [0.4, 0.5) is 5.82 Å². The van der Waals surface area contributed by atoms with Gasteiger partial charge in [0.15, 0.2) is 0 Å². The molecule has 0 radical (unpaired) electrons. The summed E-state index contributed by atoms with van der Waals surface area (Å²) in [6, 6.07) is 10.5. The Labute approximate surface area is 157 Å². The third-order valence-corrected chi connectivity index (χ3v) is 5.12. The van der Waals surface area contributed by atoms with Gasteiger partial charge in [-0.3, -0.25) is 9.67 Å². The van der Waals surface area contributed by atoms with Crippen molar-refractivity contribution in [2.45, 2.75) is 6.54 Å². The number of morpholine rings is 1. The minimum Gasteiger partial charge on any atom is -0.378 e. The summed E-state index contributed by atoms with van der Waals surface area (Å²) in [7, 11) is 1.95. The first-order valence-electron chi connectivity index (χ1n) is 9.11. The summed E-state index contributed by atoms with van der Waals surface area (Å²) >= 11 is 0. The van der Waals surface area contributed by atoms with Crippen molar-refractivity contribution in [1.29, 1.82) is 0 Å². The van der Waals surface area contributed by atoms with Crippen molar-refractivity contribution in [3.63, 3.8) is 0 Å². The summed E-state index contributed by atoms with van der Waals surface area (Å²) in [6.07, 6.45) is 3.45. The highest BCUT2D eigenvalue weighted by atomic mass is 16.5. The molecule has 2 aliphatic heterocycles. The molecule has 0 amide bonds. The van der Waals surface area contributed by atoms with Crippen LogP contribution in [0.25, 0.3) is 11.3 Å². The van der Waals surface area contributed by atoms with Gasteiger partial charge >= 0.3 is 0 Å². The lowest BCUT2D eigenvalue weighted by Crippen LogP contribution is -2.36. The van der Waals surface area contributed by atoms with Gasteiger partial charge in [-0.15, -0.1) is 0 Å². The fourth-order valence-electron chi connectivity index (χ4n) is 3.66. The van der Waals surface area contributed by atoms with Gasteiger partial charge in [-0.1, -0.05) is 12.1 Å². The number of anilines is 1. The van der Waals surface area contributed by atoms with Crippen molar-refractivity contribution in [2.24, 2.45) is 12.0 Å². The lowest BCUT2D eigenvalue weighted by molar-refractivity contribution is 0.122. The molecule has 0 saturated carbocycles. The van der Waals surface area contributed by atoms with Crippen LogP contribution in [0.15, 0.2) is 47.8 Å². The van der Waals surface area contributed by atoms with E-state index in [9.17, 15) is 0 Å². The van der Waals surface area contributed by atoms with Gasteiger partial charge in [0.25, 0.3) is 0 Å². The molecular weight excluding hydrogens is 340 g/mol. The topological polar surface area (TPSA) is 68.4 Å². The van der Waals surface area contributed by atoms with Crippen LogP contribution < -0.4 is 4.90 Å². The largest absolute Gasteiger partial charge is 0.378 e. The Bertz CT molecular complexity index is 1020. The molecule has 0 unspecified atom stereocenters. The zero-order chi connectivity index (χ0) is 18.2. The summed E-state index contributed by atoms with van der Waals surface area (Å²) in [4.78, 5) is 16.0. The molecule has 7 nitrogen and oxygen atoms in total. The van der Waals surface area contributed by atoms with Crippen LogP contribution in [0.2, 0.25) is 0 Å². The van der Waals surface area contributed by atoms with Gasteiger partial charge in [-0.2, -0.15) is 5.10 Å². The predicted molar refractivity (Wildman–Crippen MR) is 103 cm³/mol. The van der Waals surface area contributed by atoms with Crippen LogP contribution in [-0.4, -0.2) is 51.8 Å². The molecule has 27 heavy (non-hydrogen) atoms. The Morgan fingerprint density at radius 3 is 2.74 bits per heavy atom. The van der Waals surface area contributed by atoms with E-state index >= 15 is 0 Å². The van der Waals surface area contributed by atoms with E-state index in [0.29, 0.717) is 6.54 Å². The van der Waals surface area contributed by atoms with Crippen LogP contribution in [0, 0.1) is 0 Å². The molecule has 0 N–H and O–H groups in total. The van der Waals surface area contributed by atoms with Crippen molar-refractivity contribution in [1.82, 2.24) is 19.7 Å². The fourth-order valence-corrected chi connectivity index (χ4v) is 3.66. The zero-order valence-electron chi connectivity index (χ0n) is 15.2. The summed E-state index contributed by atoms with van der Waals surface area (Å²) < 4.78 is 7.32. The van der Waals surface area contributed by atoms with Crippen molar-refractivity contribution in [3.05, 3.63) is 59.7 Å². The number of aromatic nitrogens is 4. The molecule has 1 fully saturated rings. The Hall–Kier alpha value is -3.06. The first kappa shape index (κ1) is 16.1. The third-order valence-electron chi connectivity index (χ3n) is 5.12. The number of benzene rings is 1. The second-order valence-corrected chi connectivity index (χ2v) is 6.74. The molecule has 2 aliphatic rings. The van der Waals surface area contributed by atoms with E-state index in [1.165, 1.54) is 5.56 Å². The van der Waals surface area contributed by atoms with Crippen LogP contribution in [-0.2, 0) is 18.3 Å². The molecule has 1 saturated heterocycles. The van der Waals surface area contributed by atoms with Gasteiger partial charge < -0.3 is 9.64 Å². The van der Waals surface area contributed by atoms with E-state index in [1.54, 1.807) is 6.33 Å². The molecule has 3 aromatic rings. The molecule has 0 aliphatic carbocycles. The van der Waals surface area contributed by atoms with Gasteiger partial charge in [0, 0.05) is 43.5 Å². The number of hydrogen-bond acceptors (Lipinski definition) is 6. The Morgan fingerprint density at radius 2 is 1.93 bits per heavy atom. The van der Waals surface area contributed by atoms with Gasteiger partial charge in [-0.25, -0.2) is 9.97 Å². The second-order valence-electron chi connectivity index (χ2n) is 6.74. The third kappa shape index (κ3) is 2.90. The summed E-state index contributed by atoms with van der Waals surface area (Å²) in [6.45, 7) is 3.86. The molecule has 0 bridgehead atoms. The number of ether oxygens (including phenoxy) is 1. The van der Waals surface area contributed by atoms with E-state index in [4.69, 9.17) is 9.73 Å². The first-order chi connectivity index (χ1) is 13.3. The SMILES string of the molecule is Cn1nccc1-c1ccc2c(c1)C(c1cc(N3CCOCC3)ncn1)=NC2. The quantitative estimate of drug-likeness (QED) is 0.715. The Morgan fingerprint density at radius 1 is 1.04 bits per heavy atom. The number of hydrogen-bond donors (Lipinski definition) is 0. The minimum absolute atomic E-state index is 0.688. The van der Waals surface area contributed by atoms with Crippen LogP contribution in [0.3, 0.4) is 0 Å². The Balaban J connectivity index is 1.51. The smallest absolute Gasteiger partial charge is 0.132 e. The molecule has 136 valence electrons. The maximum absolute atomic E-state index is 5.44. The van der Waals surface area contributed by atoms with E-state index < -0.39 is 0 Å². The van der Waals surface area contributed by atoms with Crippen LogP contribution in [0.5, 0.6) is 0 Å². The molecule has 0 atom stereocenters. The van der Waals surface area contributed by atoms with Crippen molar-refractivity contribution >= 4 is 11.5 Å². The van der Waals surface area contributed by atoms with Gasteiger partial charge in [-0.05, 0) is 17.7 Å². The lowest BCUT2D eigenvalue weighted by atomic mass is 9.99. The number of rotatable bonds is 3. The van der Waals surface area contributed by atoms with E-state index in [0.717, 1.165) is 60.3 Å². The maximum Gasteiger partial charge on any atom is 0.132 e. The number of nitrogens with zero attached hydrogens (tertiary/aromatic N) is 6. The highest BCUT2D eigenvalue weighted by Gasteiger charge is 2.21. The van der Waals surface area contributed by atoms with Gasteiger partial charge in [0.2, 0.25) is 0 Å². The molecular formula is C20H20N6O. The molecule has 0 spiro atoms. The van der Waals surface area contributed by atoms with Crippen molar-refractivity contribution in [3.8, 4) is 11.3 Å². The van der Waals surface area contributed by atoms with Gasteiger partial charge in [0.1, 0.15) is 12.1 Å². The van der Waals surface area contributed by atoms with E-state index in [2.05, 4.69) is 38.2 Å². The number of aryl methyl sites for hydroxylation is 1. The monoisotopic (exact) mass is 360 g/mol. The fraction of sp³-hybridized carbons (Fsp3) is 0.300. The van der Waals surface area contributed by atoms with Crippen molar-refractivity contribution in [2.75, 3.05) is 31.2 Å². The van der Waals surface area contributed by atoms with E-state index in [-0.39, 0.29) is 0 Å². The molecule has 1 aromatic carbocycles. The maximum atomic E-state index is 5.44. The predicted octanol–water partition coefficient (Wildman–Crippen LogP) is 2.06. The molecule has 7 heteroatoms. The summed E-state index contributed by atoms with van der Waals surface area (Å²) in [5.74, 6) is 0.933. The molecule has 4 heterocycles. The summed E-state index contributed by atoms with van der Waals surface area (Å²) in [5, 5.41) is 4.28. The highest BCUT2D eigenvalue weighted by Crippen LogP contribution is 2.28. The number of fused-ring (bicyclic) bond motifs is 1.